The van der Waals surface area contributed by atoms with Gasteiger partial charge in [-0.25, -0.2) is 4.98 Å². The Morgan fingerprint density at radius 2 is 2.43 bits per heavy atom. The molecule has 1 atom stereocenters. The topological polar surface area (TPSA) is 55.1 Å². The maximum atomic E-state index is 4.17. The van der Waals surface area contributed by atoms with Crippen molar-refractivity contribution in [2.24, 2.45) is 0 Å². The lowest BCUT2D eigenvalue weighted by atomic mass is 10.2. The van der Waals surface area contributed by atoms with E-state index in [0.29, 0.717) is 11.8 Å². The van der Waals surface area contributed by atoms with Gasteiger partial charge in [-0.3, -0.25) is 4.40 Å². The summed E-state index contributed by atoms with van der Waals surface area (Å²) in [4.78, 5) is 4.13. The Morgan fingerprint density at radius 3 is 3.29 bits per heavy atom. The number of aromatic nitrogens is 4. The van der Waals surface area contributed by atoms with E-state index in [1.807, 2.05) is 16.7 Å². The molecule has 1 unspecified atom stereocenters. The van der Waals surface area contributed by atoms with Gasteiger partial charge in [-0.1, -0.05) is 0 Å². The normalized spacial score (nSPS) is 21.9. The largest absolute Gasteiger partial charge is 0.307 e. The highest BCUT2D eigenvalue weighted by molar-refractivity contribution is 5.27. The van der Waals surface area contributed by atoms with Crippen LogP contribution >= 0.6 is 0 Å². The van der Waals surface area contributed by atoms with Gasteiger partial charge in [0.05, 0.1) is 6.04 Å². The third-order valence-electron chi connectivity index (χ3n) is 2.59. The summed E-state index contributed by atoms with van der Waals surface area (Å²) in [5.41, 5.74) is 0. The van der Waals surface area contributed by atoms with E-state index in [-0.39, 0.29) is 0 Å². The zero-order valence-electron chi connectivity index (χ0n) is 7.72. The van der Waals surface area contributed by atoms with Crippen LogP contribution in [0.3, 0.4) is 0 Å². The Bertz CT molecular complexity index is 443. The second-order valence-corrected chi connectivity index (χ2v) is 3.50. The fourth-order valence-corrected chi connectivity index (χ4v) is 1.90. The molecule has 5 heteroatoms. The van der Waals surface area contributed by atoms with Crippen LogP contribution in [-0.4, -0.2) is 26.1 Å². The average molecular weight is 189 g/mol. The molecule has 0 spiro atoms. The van der Waals surface area contributed by atoms with Gasteiger partial charge in [0, 0.05) is 12.4 Å². The molecule has 14 heavy (non-hydrogen) atoms. The van der Waals surface area contributed by atoms with E-state index in [1.165, 1.54) is 6.42 Å². The van der Waals surface area contributed by atoms with Crippen LogP contribution in [0.1, 0.15) is 24.7 Å². The van der Waals surface area contributed by atoms with Crippen molar-refractivity contribution >= 4 is 5.78 Å². The van der Waals surface area contributed by atoms with E-state index in [0.717, 1.165) is 18.8 Å². The van der Waals surface area contributed by atoms with E-state index in [1.54, 1.807) is 6.20 Å². The molecule has 1 fully saturated rings. The van der Waals surface area contributed by atoms with Crippen LogP contribution in [-0.2, 0) is 0 Å². The Kier molecular flexibility index (Phi) is 1.70. The molecule has 72 valence electrons. The molecular formula is C9H11N5. The van der Waals surface area contributed by atoms with Crippen molar-refractivity contribution in [3.63, 3.8) is 0 Å². The van der Waals surface area contributed by atoms with Gasteiger partial charge in [0.2, 0.25) is 0 Å². The summed E-state index contributed by atoms with van der Waals surface area (Å²) in [6.45, 7) is 1.07. The molecule has 5 nitrogen and oxygen atoms in total. The SMILES string of the molecule is c1cnc2nnc(C3CCCN3)n2c1. The molecule has 0 radical (unpaired) electrons. The van der Waals surface area contributed by atoms with Crippen molar-refractivity contribution < 1.29 is 0 Å². The van der Waals surface area contributed by atoms with Crippen molar-refractivity contribution in [1.29, 1.82) is 0 Å². The molecule has 2 aromatic rings. The van der Waals surface area contributed by atoms with Crippen LogP contribution in [0.5, 0.6) is 0 Å². The Labute approximate surface area is 81.2 Å². The van der Waals surface area contributed by atoms with E-state index in [4.69, 9.17) is 0 Å². The summed E-state index contributed by atoms with van der Waals surface area (Å²) >= 11 is 0. The maximum Gasteiger partial charge on any atom is 0.254 e. The van der Waals surface area contributed by atoms with Crippen LogP contribution in [0.2, 0.25) is 0 Å². The number of fused-ring (bicyclic) bond motifs is 1. The van der Waals surface area contributed by atoms with Crippen molar-refractivity contribution in [3.8, 4) is 0 Å². The molecule has 2 aromatic heterocycles. The molecular weight excluding hydrogens is 178 g/mol. The lowest BCUT2D eigenvalue weighted by molar-refractivity contribution is 0.598. The van der Waals surface area contributed by atoms with Crippen LogP contribution in [0.15, 0.2) is 18.5 Å². The van der Waals surface area contributed by atoms with Gasteiger partial charge >= 0.3 is 0 Å². The highest BCUT2D eigenvalue weighted by Gasteiger charge is 2.21. The van der Waals surface area contributed by atoms with E-state index >= 15 is 0 Å². The van der Waals surface area contributed by atoms with Crippen LogP contribution in [0, 0.1) is 0 Å². The van der Waals surface area contributed by atoms with E-state index in [2.05, 4.69) is 20.5 Å². The fourth-order valence-electron chi connectivity index (χ4n) is 1.90. The molecule has 1 N–H and O–H groups in total. The molecule has 3 rings (SSSR count). The van der Waals surface area contributed by atoms with Crippen LogP contribution in [0.25, 0.3) is 5.78 Å². The lowest BCUT2D eigenvalue weighted by Gasteiger charge is -2.06. The standard InChI is InChI=1S/C9H11N5/c1-3-7(10-4-1)8-12-13-9-11-5-2-6-14(8)9/h2,5-7,10H,1,3-4H2. The Hall–Kier alpha value is -1.49. The first kappa shape index (κ1) is 7.87. The van der Waals surface area contributed by atoms with Gasteiger partial charge in [0.1, 0.15) is 0 Å². The third kappa shape index (κ3) is 1.09. The maximum absolute atomic E-state index is 4.17. The minimum Gasteiger partial charge on any atom is -0.307 e. The molecule has 0 aromatic carbocycles. The monoisotopic (exact) mass is 189 g/mol. The number of nitrogens with one attached hydrogen (secondary N) is 1. The average Bonchev–Trinajstić information content (AvgIpc) is 2.85. The zero-order valence-corrected chi connectivity index (χ0v) is 7.72. The van der Waals surface area contributed by atoms with Gasteiger partial charge in [0.25, 0.3) is 5.78 Å². The minimum absolute atomic E-state index is 0.342. The number of nitrogens with zero attached hydrogens (tertiary/aromatic N) is 4. The smallest absolute Gasteiger partial charge is 0.254 e. The molecule has 0 aliphatic carbocycles. The first-order valence-electron chi connectivity index (χ1n) is 4.84. The molecule has 0 amide bonds. The third-order valence-corrected chi connectivity index (χ3v) is 2.59. The van der Waals surface area contributed by atoms with Gasteiger partial charge < -0.3 is 5.32 Å². The quantitative estimate of drug-likeness (QED) is 0.711. The summed E-state index contributed by atoms with van der Waals surface area (Å²) < 4.78 is 1.95. The van der Waals surface area contributed by atoms with Crippen molar-refractivity contribution in [2.45, 2.75) is 18.9 Å². The van der Waals surface area contributed by atoms with Gasteiger partial charge in [-0.15, -0.1) is 10.2 Å². The predicted molar refractivity (Wildman–Crippen MR) is 50.8 cm³/mol. The Balaban J connectivity index is 2.11. The van der Waals surface area contributed by atoms with Gasteiger partial charge in [0.15, 0.2) is 5.82 Å². The highest BCUT2D eigenvalue weighted by atomic mass is 15.3. The fraction of sp³-hybridized carbons (Fsp3) is 0.444. The van der Waals surface area contributed by atoms with Crippen LogP contribution in [0.4, 0.5) is 0 Å². The van der Waals surface area contributed by atoms with E-state index in [9.17, 15) is 0 Å². The van der Waals surface area contributed by atoms with Gasteiger partial charge in [-0.05, 0) is 25.5 Å². The molecule has 1 aliphatic heterocycles. The second kappa shape index (κ2) is 3.02. The molecule has 1 aliphatic rings. The number of rotatable bonds is 1. The Morgan fingerprint density at radius 1 is 1.43 bits per heavy atom. The molecule has 0 bridgehead atoms. The second-order valence-electron chi connectivity index (χ2n) is 3.50. The number of hydrogen-bond donors (Lipinski definition) is 1. The lowest BCUT2D eigenvalue weighted by Crippen LogP contribution is -2.15. The van der Waals surface area contributed by atoms with Crippen molar-refractivity contribution in [3.05, 3.63) is 24.3 Å². The molecule has 0 saturated carbocycles. The van der Waals surface area contributed by atoms with Gasteiger partial charge in [-0.2, -0.15) is 0 Å². The minimum atomic E-state index is 0.342. The summed E-state index contributed by atoms with van der Waals surface area (Å²) in [6, 6.07) is 2.24. The summed E-state index contributed by atoms with van der Waals surface area (Å²) in [7, 11) is 0. The van der Waals surface area contributed by atoms with E-state index < -0.39 is 0 Å². The summed E-state index contributed by atoms with van der Waals surface area (Å²) in [6.07, 6.45) is 6.03. The molecule has 1 saturated heterocycles. The predicted octanol–water partition coefficient (Wildman–Crippen LogP) is 0.549. The summed E-state index contributed by atoms with van der Waals surface area (Å²) in [5, 5.41) is 11.6. The summed E-state index contributed by atoms with van der Waals surface area (Å²) in [5.74, 6) is 1.65. The van der Waals surface area contributed by atoms with Crippen molar-refractivity contribution in [2.75, 3.05) is 6.54 Å². The first-order chi connectivity index (χ1) is 6.95. The molecule has 3 heterocycles. The first-order valence-corrected chi connectivity index (χ1v) is 4.84. The zero-order chi connectivity index (χ0) is 9.38. The van der Waals surface area contributed by atoms with Crippen LogP contribution < -0.4 is 5.32 Å². The highest BCUT2D eigenvalue weighted by Crippen LogP contribution is 2.20. The van der Waals surface area contributed by atoms with Crippen molar-refractivity contribution in [1.82, 2.24) is 24.9 Å². The number of hydrogen-bond acceptors (Lipinski definition) is 4.